The van der Waals surface area contributed by atoms with E-state index in [1.807, 2.05) is 0 Å². The first-order chi connectivity index (χ1) is 9.84. The molecule has 2 aromatic heterocycles. The molecule has 21 heavy (non-hydrogen) atoms. The van der Waals surface area contributed by atoms with Crippen molar-refractivity contribution in [1.29, 1.82) is 0 Å². The molecule has 0 radical (unpaired) electrons. The molecule has 0 spiro atoms. The Balaban J connectivity index is 2.00. The topological polar surface area (TPSA) is 92.7 Å². The van der Waals surface area contributed by atoms with E-state index in [0.717, 1.165) is 17.6 Å². The molecule has 0 atom stereocenters. The minimum atomic E-state index is -4.56. The van der Waals surface area contributed by atoms with Crippen LogP contribution in [0.15, 0.2) is 12.3 Å². The fourth-order valence-electron chi connectivity index (χ4n) is 1.39. The Morgan fingerprint density at radius 3 is 2.76 bits per heavy atom. The Morgan fingerprint density at radius 2 is 2.14 bits per heavy atom. The van der Waals surface area contributed by atoms with Crippen LogP contribution in [0.4, 0.5) is 23.0 Å². The Kier molecular flexibility index (Phi) is 4.31. The number of urea groups is 1. The van der Waals surface area contributed by atoms with Crippen LogP contribution in [-0.4, -0.2) is 25.6 Å². The van der Waals surface area contributed by atoms with Crippen LogP contribution in [0, 0.1) is 6.92 Å². The standard InChI is InChI=1S/C10H9F3N6OS/c1-5-2-6(10(11,12)13)17-7(16-5)3-14-9(20)18-8-4-15-19-21-8/h2,4H,3H2,1H3,(H2,14,18,20). The molecule has 2 rings (SSSR count). The highest BCUT2D eigenvalue weighted by atomic mass is 32.1. The second-order valence-electron chi connectivity index (χ2n) is 3.90. The van der Waals surface area contributed by atoms with Crippen molar-refractivity contribution in [3.63, 3.8) is 0 Å². The molecule has 2 aromatic rings. The summed E-state index contributed by atoms with van der Waals surface area (Å²) in [4.78, 5) is 18.7. The number of anilines is 1. The van der Waals surface area contributed by atoms with Gasteiger partial charge in [-0.3, -0.25) is 5.32 Å². The number of aromatic nitrogens is 4. The fourth-order valence-corrected chi connectivity index (χ4v) is 1.81. The van der Waals surface area contributed by atoms with Crippen LogP contribution < -0.4 is 10.6 Å². The van der Waals surface area contributed by atoms with Gasteiger partial charge in [0.05, 0.1) is 12.7 Å². The van der Waals surface area contributed by atoms with Crippen LogP contribution in [-0.2, 0) is 12.7 Å². The van der Waals surface area contributed by atoms with Gasteiger partial charge in [-0.2, -0.15) is 13.2 Å². The summed E-state index contributed by atoms with van der Waals surface area (Å²) in [6.45, 7) is 1.19. The van der Waals surface area contributed by atoms with Gasteiger partial charge in [-0.25, -0.2) is 14.8 Å². The van der Waals surface area contributed by atoms with Gasteiger partial charge in [-0.15, -0.1) is 5.10 Å². The number of aryl methyl sites for hydroxylation is 1. The highest BCUT2D eigenvalue weighted by molar-refractivity contribution is 7.10. The van der Waals surface area contributed by atoms with Gasteiger partial charge in [-0.1, -0.05) is 4.49 Å². The van der Waals surface area contributed by atoms with E-state index < -0.39 is 17.9 Å². The molecule has 0 aliphatic carbocycles. The third kappa shape index (κ3) is 4.34. The molecule has 2 N–H and O–H groups in total. The number of carbonyl (C=O) groups excluding carboxylic acids is 1. The van der Waals surface area contributed by atoms with Gasteiger partial charge in [0.2, 0.25) is 0 Å². The lowest BCUT2D eigenvalue weighted by Gasteiger charge is -2.09. The molecule has 0 saturated carbocycles. The molecule has 0 fully saturated rings. The van der Waals surface area contributed by atoms with Crippen LogP contribution in [0.1, 0.15) is 17.2 Å². The Hall–Kier alpha value is -2.30. The van der Waals surface area contributed by atoms with Crippen molar-refractivity contribution >= 4 is 22.6 Å². The average Bonchev–Trinajstić information content (AvgIpc) is 2.87. The lowest BCUT2D eigenvalue weighted by Crippen LogP contribution is -2.29. The van der Waals surface area contributed by atoms with E-state index in [2.05, 4.69) is 30.2 Å². The molecule has 11 heteroatoms. The van der Waals surface area contributed by atoms with Gasteiger partial charge < -0.3 is 5.32 Å². The molecule has 7 nitrogen and oxygen atoms in total. The number of nitrogens with one attached hydrogen (secondary N) is 2. The summed E-state index contributed by atoms with van der Waals surface area (Å²) in [6.07, 6.45) is -3.21. The zero-order valence-electron chi connectivity index (χ0n) is 10.6. The summed E-state index contributed by atoms with van der Waals surface area (Å²) in [5.74, 6) is -0.125. The van der Waals surface area contributed by atoms with Gasteiger partial charge in [0.25, 0.3) is 0 Å². The largest absolute Gasteiger partial charge is 0.433 e. The Bertz CT molecular complexity index is 630. The van der Waals surface area contributed by atoms with Crippen LogP contribution in [0.3, 0.4) is 0 Å². The molecular formula is C10H9F3N6OS. The number of hydrogen-bond donors (Lipinski definition) is 2. The van der Waals surface area contributed by atoms with Gasteiger partial charge in [0.1, 0.15) is 16.5 Å². The molecule has 0 unspecified atom stereocenters. The molecule has 0 aromatic carbocycles. The van der Waals surface area contributed by atoms with E-state index in [4.69, 9.17) is 0 Å². The minimum absolute atomic E-state index is 0.125. The summed E-state index contributed by atoms with van der Waals surface area (Å²) in [6, 6.07) is 0.228. The molecule has 2 heterocycles. The predicted molar refractivity (Wildman–Crippen MR) is 67.5 cm³/mol. The van der Waals surface area contributed by atoms with Crippen LogP contribution in [0.2, 0.25) is 0 Å². The lowest BCUT2D eigenvalue weighted by atomic mass is 10.3. The number of carbonyl (C=O) groups is 1. The maximum Gasteiger partial charge on any atom is 0.433 e. The molecule has 112 valence electrons. The van der Waals surface area contributed by atoms with Gasteiger partial charge in [0, 0.05) is 17.2 Å². The van der Waals surface area contributed by atoms with Gasteiger partial charge in [-0.05, 0) is 13.0 Å². The fraction of sp³-hybridized carbons (Fsp3) is 0.300. The summed E-state index contributed by atoms with van der Waals surface area (Å²) in [5.41, 5.74) is -0.875. The Labute approximate surface area is 120 Å². The molecule has 0 aliphatic rings. The zero-order chi connectivity index (χ0) is 15.5. The Morgan fingerprint density at radius 1 is 1.38 bits per heavy atom. The first kappa shape index (κ1) is 15.1. The SMILES string of the molecule is Cc1cc(C(F)(F)F)nc(CNC(=O)Nc2cnns2)n1. The van der Waals surface area contributed by atoms with E-state index in [1.165, 1.54) is 13.1 Å². The number of amides is 2. The van der Waals surface area contributed by atoms with Crippen molar-refractivity contribution in [3.8, 4) is 0 Å². The molecule has 0 saturated heterocycles. The molecule has 2 amide bonds. The number of hydrogen-bond acceptors (Lipinski definition) is 6. The summed E-state index contributed by atoms with van der Waals surface area (Å²) < 4.78 is 41.3. The normalized spacial score (nSPS) is 11.2. The van der Waals surface area contributed by atoms with Crippen molar-refractivity contribution in [2.24, 2.45) is 0 Å². The summed E-state index contributed by atoms with van der Waals surface area (Å²) in [7, 11) is 0. The van der Waals surface area contributed by atoms with Crippen molar-refractivity contribution in [1.82, 2.24) is 24.9 Å². The maximum atomic E-state index is 12.6. The van der Waals surface area contributed by atoms with E-state index in [-0.39, 0.29) is 18.1 Å². The quantitative estimate of drug-likeness (QED) is 0.902. The monoisotopic (exact) mass is 318 g/mol. The second kappa shape index (κ2) is 5.99. The maximum absolute atomic E-state index is 12.6. The second-order valence-corrected chi connectivity index (χ2v) is 4.68. The first-order valence-corrected chi connectivity index (χ1v) is 6.36. The van der Waals surface area contributed by atoms with Crippen molar-refractivity contribution in [2.75, 3.05) is 5.32 Å². The van der Waals surface area contributed by atoms with Crippen molar-refractivity contribution < 1.29 is 18.0 Å². The van der Waals surface area contributed by atoms with Crippen LogP contribution in [0.5, 0.6) is 0 Å². The highest BCUT2D eigenvalue weighted by Crippen LogP contribution is 2.27. The highest BCUT2D eigenvalue weighted by Gasteiger charge is 2.33. The van der Waals surface area contributed by atoms with E-state index in [9.17, 15) is 18.0 Å². The van der Waals surface area contributed by atoms with E-state index >= 15 is 0 Å². The number of rotatable bonds is 3. The minimum Gasteiger partial charge on any atom is -0.331 e. The van der Waals surface area contributed by atoms with E-state index in [0.29, 0.717) is 5.00 Å². The van der Waals surface area contributed by atoms with Crippen molar-refractivity contribution in [3.05, 3.63) is 29.5 Å². The van der Waals surface area contributed by atoms with E-state index in [1.54, 1.807) is 0 Å². The molecular weight excluding hydrogens is 309 g/mol. The molecule has 0 aliphatic heterocycles. The first-order valence-electron chi connectivity index (χ1n) is 5.58. The lowest BCUT2D eigenvalue weighted by molar-refractivity contribution is -0.141. The third-order valence-corrected chi connectivity index (χ3v) is 2.78. The smallest absolute Gasteiger partial charge is 0.331 e. The van der Waals surface area contributed by atoms with Crippen molar-refractivity contribution in [2.45, 2.75) is 19.6 Å². The van der Waals surface area contributed by atoms with Crippen LogP contribution in [0.25, 0.3) is 0 Å². The zero-order valence-corrected chi connectivity index (χ0v) is 11.4. The number of halogens is 3. The van der Waals surface area contributed by atoms with Gasteiger partial charge in [0.15, 0.2) is 0 Å². The molecule has 0 bridgehead atoms. The summed E-state index contributed by atoms with van der Waals surface area (Å²) in [5, 5.41) is 8.70. The van der Waals surface area contributed by atoms with Gasteiger partial charge >= 0.3 is 12.2 Å². The van der Waals surface area contributed by atoms with Crippen LogP contribution >= 0.6 is 11.5 Å². The summed E-state index contributed by atoms with van der Waals surface area (Å²) >= 11 is 0.968. The average molecular weight is 318 g/mol. The number of nitrogens with zero attached hydrogens (tertiary/aromatic N) is 4. The third-order valence-electron chi connectivity index (χ3n) is 2.20. The predicted octanol–water partition coefficient (Wildman–Crippen LogP) is 1.98. The number of alkyl halides is 3.